The van der Waals surface area contributed by atoms with E-state index >= 15 is 0 Å². The van der Waals surface area contributed by atoms with Crippen molar-refractivity contribution in [3.8, 4) is 0 Å². The van der Waals surface area contributed by atoms with Gasteiger partial charge in [-0.15, -0.1) is 0 Å². The summed E-state index contributed by atoms with van der Waals surface area (Å²) in [5.41, 5.74) is 0. The van der Waals surface area contributed by atoms with Gasteiger partial charge in [-0.2, -0.15) is 0 Å². The monoisotopic (exact) mass is 282 g/mol. The summed E-state index contributed by atoms with van der Waals surface area (Å²) in [4.78, 5) is 0. The van der Waals surface area contributed by atoms with E-state index in [2.05, 4.69) is 0 Å². The molecule has 6 atom stereocenters. The first-order valence-electron chi connectivity index (χ1n) is 6.08. The lowest BCUT2D eigenvalue weighted by Gasteiger charge is -2.47. The zero-order chi connectivity index (χ0) is 15.0. The summed E-state index contributed by atoms with van der Waals surface area (Å²) < 4.78 is 5.59. The molecule has 1 rings (SSSR count). The number of hydrogen-bond donors (Lipinski definition) is 6. The summed E-state index contributed by atoms with van der Waals surface area (Å²) in [6, 6.07) is 0. The Kier molecular flexibility index (Phi) is 4.92. The highest BCUT2D eigenvalue weighted by molar-refractivity contribution is 5.03. The molecule has 8 heteroatoms. The standard InChI is InChI=1S/C11H24NO7/c1-12(2,3)4-5-19-11(18)9(16)7(14)6(13)8(15)10(11)17/h6-10,13-18H,4-5H2,1-3H3/q+1/t6-,7-,8+,9-,10-,11-/m1/s1. The fourth-order valence-corrected chi connectivity index (χ4v) is 1.89. The summed E-state index contributed by atoms with van der Waals surface area (Å²) in [5, 5.41) is 58.0. The van der Waals surface area contributed by atoms with Crippen LogP contribution in [0.15, 0.2) is 0 Å². The van der Waals surface area contributed by atoms with Crippen LogP contribution < -0.4 is 0 Å². The highest BCUT2D eigenvalue weighted by Gasteiger charge is 2.58. The van der Waals surface area contributed by atoms with Gasteiger partial charge in [0.2, 0.25) is 5.79 Å². The van der Waals surface area contributed by atoms with Gasteiger partial charge >= 0.3 is 0 Å². The van der Waals surface area contributed by atoms with Crippen molar-refractivity contribution >= 4 is 0 Å². The fraction of sp³-hybridized carbons (Fsp3) is 1.00. The zero-order valence-corrected chi connectivity index (χ0v) is 11.3. The van der Waals surface area contributed by atoms with E-state index < -0.39 is 36.3 Å². The summed E-state index contributed by atoms with van der Waals surface area (Å²) in [5.74, 6) is -2.52. The van der Waals surface area contributed by atoms with Crippen LogP contribution in [0.2, 0.25) is 0 Å². The maximum Gasteiger partial charge on any atom is 0.224 e. The fourth-order valence-electron chi connectivity index (χ4n) is 1.89. The zero-order valence-electron chi connectivity index (χ0n) is 11.3. The number of rotatable bonds is 4. The summed E-state index contributed by atoms with van der Waals surface area (Å²) in [6.45, 7) is 0.458. The average Bonchev–Trinajstić information content (AvgIpc) is 2.30. The van der Waals surface area contributed by atoms with E-state index in [-0.39, 0.29) is 6.61 Å². The Balaban J connectivity index is 2.76. The highest BCUT2D eigenvalue weighted by atomic mass is 16.7. The summed E-state index contributed by atoms with van der Waals surface area (Å²) >= 11 is 0. The van der Waals surface area contributed by atoms with Gasteiger partial charge in [0.25, 0.3) is 0 Å². The van der Waals surface area contributed by atoms with Crippen molar-refractivity contribution in [1.29, 1.82) is 0 Å². The molecule has 0 aromatic carbocycles. The molecule has 0 unspecified atom stereocenters. The van der Waals surface area contributed by atoms with Gasteiger partial charge in [0.1, 0.15) is 37.1 Å². The molecule has 0 amide bonds. The number of quaternary nitrogens is 1. The SMILES string of the molecule is C[N+](C)(C)CCO[C@]1(O)[C@H](O)[C@H](O)[C@@H](O)[C@H](O)[C@H]1O. The van der Waals surface area contributed by atoms with Crippen LogP contribution in [0.3, 0.4) is 0 Å². The maximum absolute atomic E-state index is 10.1. The molecule has 8 nitrogen and oxygen atoms in total. The first-order valence-corrected chi connectivity index (χ1v) is 6.08. The quantitative estimate of drug-likeness (QED) is 0.230. The van der Waals surface area contributed by atoms with Gasteiger partial charge in [-0.3, -0.25) is 0 Å². The molecule has 0 aliphatic heterocycles. The van der Waals surface area contributed by atoms with E-state index in [1.807, 2.05) is 21.1 Å². The second-order valence-electron chi connectivity index (χ2n) is 5.98. The average molecular weight is 282 g/mol. The molecule has 1 saturated carbocycles. The molecular weight excluding hydrogens is 258 g/mol. The van der Waals surface area contributed by atoms with Gasteiger partial charge in [0.15, 0.2) is 0 Å². The van der Waals surface area contributed by atoms with E-state index in [1.165, 1.54) is 0 Å². The van der Waals surface area contributed by atoms with Crippen molar-refractivity contribution in [1.82, 2.24) is 0 Å². The van der Waals surface area contributed by atoms with Crippen LogP contribution in [-0.2, 0) is 4.74 Å². The lowest BCUT2D eigenvalue weighted by molar-refractivity contribution is -0.871. The van der Waals surface area contributed by atoms with Crippen LogP contribution in [0.5, 0.6) is 0 Å². The second-order valence-corrected chi connectivity index (χ2v) is 5.98. The molecule has 1 aliphatic carbocycles. The Morgan fingerprint density at radius 2 is 1.32 bits per heavy atom. The van der Waals surface area contributed by atoms with Gasteiger partial charge < -0.3 is 39.9 Å². The third-order valence-electron chi connectivity index (χ3n) is 3.29. The van der Waals surface area contributed by atoms with Crippen LogP contribution in [-0.4, -0.2) is 106 Å². The Labute approximate surface area is 111 Å². The van der Waals surface area contributed by atoms with Crippen LogP contribution >= 0.6 is 0 Å². The first kappa shape index (κ1) is 16.7. The topological polar surface area (TPSA) is 131 Å². The Morgan fingerprint density at radius 3 is 1.68 bits per heavy atom. The van der Waals surface area contributed by atoms with Gasteiger partial charge in [-0.1, -0.05) is 0 Å². The molecule has 1 aliphatic rings. The van der Waals surface area contributed by atoms with Gasteiger partial charge in [0.05, 0.1) is 27.7 Å². The van der Waals surface area contributed by atoms with Crippen molar-refractivity contribution in [2.75, 3.05) is 34.3 Å². The van der Waals surface area contributed by atoms with Crippen molar-refractivity contribution in [3.63, 3.8) is 0 Å². The van der Waals surface area contributed by atoms with E-state index in [0.717, 1.165) is 0 Å². The molecule has 0 spiro atoms. The number of aliphatic hydroxyl groups excluding tert-OH is 5. The second kappa shape index (κ2) is 5.58. The van der Waals surface area contributed by atoms with Crippen molar-refractivity contribution in [2.24, 2.45) is 0 Å². The van der Waals surface area contributed by atoms with Crippen LogP contribution in [0.4, 0.5) is 0 Å². The Bertz CT molecular complexity index is 290. The normalized spacial score (nSPS) is 44.4. The number of ether oxygens (including phenoxy) is 1. The molecule has 19 heavy (non-hydrogen) atoms. The number of nitrogens with zero attached hydrogens (tertiary/aromatic N) is 1. The molecule has 0 aromatic rings. The molecule has 0 aromatic heterocycles. The van der Waals surface area contributed by atoms with Crippen LogP contribution in [0.25, 0.3) is 0 Å². The molecule has 0 radical (unpaired) electrons. The number of likely N-dealkylation sites (N-methyl/N-ethyl adjacent to an activating group) is 1. The van der Waals surface area contributed by atoms with Gasteiger partial charge in [-0.25, -0.2) is 0 Å². The lowest BCUT2D eigenvalue weighted by atomic mass is 9.82. The molecule has 6 N–H and O–H groups in total. The van der Waals surface area contributed by atoms with Crippen molar-refractivity contribution in [2.45, 2.75) is 36.3 Å². The smallest absolute Gasteiger partial charge is 0.224 e. The molecule has 114 valence electrons. The van der Waals surface area contributed by atoms with Crippen molar-refractivity contribution < 1.29 is 39.9 Å². The predicted molar refractivity (Wildman–Crippen MR) is 63.8 cm³/mol. The largest absolute Gasteiger partial charge is 0.387 e. The van der Waals surface area contributed by atoms with E-state index in [0.29, 0.717) is 11.0 Å². The molecule has 1 fully saturated rings. The van der Waals surface area contributed by atoms with Crippen molar-refractivity contribution in [3.05, 3.63) is 0 Å². The molecular formula is C11H24NO7+. The Morgan fingerprint density at radius 1 is 0.895 bits per heavy atom. The maximum atomic E-state index is 10.1. The van der Waals surface area contributed by atoms with E-state index in [4.69, 9.17) is 4.74 Å². The number of hydrogen-bond acceptors (Lipinski definition) is 7. The molecule has 0 bridgehead atoms. The molecule has 0 heterocycles. The van der Waals surface area contributed by atoms with Gasteiger partial charge in [-0.05, 0) is 0 Å². The Hall–Kier alpha value is -0.320. The third-order valence-corrected chi connectivity index (χ3v) is 3.29. The minimum Gasteiger partial charge on any atom is -0.387 e. The van der Waals surface area contributed by atoms with Crippen LogP contribution in [0.1, 0.15) is 0 Å². The summed E-state index contributed by atoms with van der Waals surface area (Å²) in [6.07, 6.45) is -9.23. The number of aliphatic hydroxyl groups is 6. The lowest BCUT2D eigenvalue weighted by Crippen LogP contribution is -2.72. The third kappa shape index (κ3) is 3.41. The summed E-state index contributed by atoms with van der Waals surface area (Å²) in [7, 11) is 5.65. The molecule has 0 saturated heterocycles. The predicted octanol–water partition coefficient (Wildman–Crippen LogP) is -3.78. The minimum absolute atomic E-state index is 0.0103. The van der Waals surface area contributed by atoms with E-state index in [9.17, 15) is 30.6 Å². The minimum atomic E-state index is -2.52. The van der Waals surface area contributed by atoms with Crippen LogP contribution in [0, 0.1) is 0 Å². The highest BCUT2D eigenvalue weighted by Crippen LogP contribution is 2.31. The van der Waals surface area contributed by atoms with E-state index in [1.54, 1.807) is 0 Å². The van der Waals surface area contributed by atoms with Gasteiger partial charge in [0, 0.05) is 0 Å². The first-order chi connectivity index (χ1) is 8.50.